The van der Waals surface area contributed by atoms with Crippen molar-refractivity contribution in [2.75, 3.05) is 32.9 Å². The maximum absolute atomic E-state index is 13.1. The summed E-state index contributed by atoms with van der Waals surface area (Å²) >= 11 is 5.99. The van der Waals surface area contributed by atoms with Crippen LogP contribution in [0.3, 0.4) is 0 Å². The van der Waals surface area contributed by atoms with Gasteiger partial charge in [-0.1, -0.05) is 11.6 Å². The predicted molar refractivity (Wildman–Crippen MR) is 102 cm³/mol. The summed E-state index contributed by atoms with van der Waals surface area (Å²) in [6.45, 7) is 2.79. The summed E-state index contributed by atoms with van der Waals surface area (Å²) < 4.78 is 24.2. The van der Waals surface area contributed by atoms with Gasteiger partial charge < -0.3 is 14.4 Å². The van der Waals surface area contributed by atoms with E-state index >= 15 is 0 Å². The highest BCUT2D eigenvalue weighted by atomic mass is 35.5. The van der Waals surface area contributed by atoms with E-state index in [1.165, 1.54) is 12.1 Å². The number of hydrogen-bond acceptors (Lipinski definition) is 4. The highest BCUT2D eigenvalue weighted by molar-refractivity contribution is 6.32. The average molecular weight is 410 g/mol. The monoisotopic (exact) mass is 409 g/mol. The van der Waals surface area contributed by atoms with Crippen molar-refractivity contribution in [1.29, 1.82) is 0 Å². The number of likely N-dealkylation sites (tertiary alicyclic amines) is 1. The molecule has 1 aliphatic carbocycles. The quantitative estimate of drug-likeness (QED) is 0.764. The molecule has 5 nitrogen and oxygen atoms in total. The molecule has 1 aromatic rings. The molecule has 3 aliphatic rings. The van der Waals surface area contributed by atoms with Crippen molar-refractivity contribution >= 4 is 23.3 Å². The smallest absolute Gasteiger partial charge is 0.225 e. The zero-order valence-electron chi connectivity index (χ0n) is 15.8. The fourth-order valence-electron chi connectivity index (χ4n) is 4.70. The Hall–Kier alpha value is -1.66. The Labute approximate surface area is 169 Å². The van der Waals surface area contributed by atoms with E-state index in [9.17, 15) is 14.0 Å². The number of carbonyl (C=O) groups is 2. The van der Waals surface area contributed by atoms with Gasteiger partial charge in [-0.2, -0.15) is 0 Å². The Morgan fingerprint density at radius 3 is 2.75 bits per heavy atom. The zero-order chi connectivity index (χ0) is 19.7. The number of amides is 1. The zero-order valence-corrected chi connectivity index (χ0v) is 16.5. The standard InChI is InChI=1S/C21H25ClFNO4/c22-18-7-16(23)1-2-19(18)28-11-14-3-5-24(6-4-14)20(26)15-8-21(9-15)10-17(25)12-27-13-21/h1-2,7,14-15H,3-6,8-13H2. The number of carbonyl (C=O) groups excluding carboxylic acids is 2. The lowest BCUT2D eigenvalue weighted by atomic mass is 9.59. The fourth-order valence-corrected chi connectivity index (χ4v) is 4.92. The molecule has 1 amide bonds. The first-order valence-electron chi connectivity index (χ1n) is 9.90. The molecule has 7 heteroatoms. The van der Waals surface area contributed by atoms with Gasteiger partial charge in [-0.25, -0.2) is 4.39 Å². The van der Waals surface area contributed by atoms with Crippen LogP contribution in [0.2, 0.25) is 5.02 Å². The second-order valence-electron chi connectivity index (χ2n) is 8.47. The molecule has 1 aromatic carbocycles. The van der Waals surface area contributed by atoms with Crippen molar-refractivity contribution < 1.29 is 23.5 Å². The number of halogens is 2. The van der Waals surface area contributed by atoms with E-state index in [0.29, 0.717) is 31.3 Å². The summed E-state index contributed by atoms with van der Waals surface area (Å²) in [5, 5.41) is 0.275. The van der Waals surface area contributed by atoms with Gasteiger partial charge in [0.2, 0.25) is 5.91 Å². The molecule has 3 fully saturated rings. The molecule has 0 atom stereocenters. The van der Waals surface area contributed by atoms with Gasteiger partial charge in [-0.15, -0.1) is 0 Å². The van der Waals surface area contributed by atoms with E-state index in [4.69, 9.17) is 21.1 Å². The van der Waals surface area contributed by atoms with Crippen molar-refractivity contribution in [3.63, 3.8) is 0 Å². The van der Waals surface area contributed by atoms with Crippen molar-refractivity contribution in [3.8, 4) is 5.75 Å². The van der Waals surface area contributed by atoms with E-state index in [0.717, 1.165) is 38.8 Å². The minimum Gasteiger partial charge on any atom is -0.492 e. The fraction of sp³-hybridized carbons (Fsp3) is 0.619. The van der Waals surface area contributed by atoms with Gasteiger partial charge in [0.25, 0.3) is 0 Å². The van der Waals surface area contributed by atoms with Crippen molar-refractivity contribution in [3.05, 3.63) is 29.0 Å². The second kappa shape index (κ2) is 7.99. The lowest BCUT2D eigenvalue weighted by Gasteiger charge is -2.49. The van der Waals surface area contributed by atoms with E-state index in [-0.39, 0.29) is 40.5 Å². The molecular weight excluding hydrogens is 385 g/mol. The summed E-state index contributed by atoms with van der Waals surface area (Å²) in [6, 6.07) is 4.12. The lowest BCUT2D eigenvalue weighted by Crippen LogP contribution is -2.53. The van der Waals surface area contributed by atoms with Crippen LogP contribution in [0.4, 0.5) is 4.39 Å². The Kier molecular flexibility index (Phi) is 5.61. The van der Waals surface area contributed by atoms with Crippen LogP contribution in [-0.4, -0.2) is 49.5 Å². The summed E-state index contributed by atoms with van der Waals surface area (Å²) in [5.74, 6) is 0.850. The van der Waals surface area contributed by atoms with Crippen molar-refractivity contribution in [2.24, 2.45) is 17.3 Å². The van der Waals surface area contributed by atoms with Crippen LogP contribution in [0.15, 0.2) is 18.2 Å². The van der Waals surface area contributed by atoms with Crippen LogP contribution in [0.25, 0.3) is 0 Å². The maximum atomic E-state index is 13.1. The van der Waals surface area contributed by atoms with Crippen LogP contribution >= 0.6 is 11.6 Å². The predicted octanol–water partition coefficient (Wildman–Crippen LogP) is 3.48. The molecule has 0 bridgehead atoms. The number of ether oxygens (including phenoxy) is 2. The first-order chi connectivity index (χ1) is 13.4. The largest absolute Gasteiger partial charge is 0.492 e. The molecule has 1 spiro atoms. The Morgan fingerprint density at radius 1 is 1.32 bits per heavy atom. The number of benzene rings is 1. The number of nitrogens with zero attached hydrogens (tertiary/aromatic N) is 1. The summed E-state index contributed by atoms with van der Waals surface area (Å²) in [5.41, 5.74) is -0.0871. The van der Waals surface area contributed by atoms with E-state index < -0.39 is 0 Å². The lowest BCUT2D eigenvalue weighted by molar-refractivity contribution is -0.159. The molecular formula is C21H25ClFNO4. The van der Waals surface area contributed by atoms with Gasteiger partial charge in [0.1, 0.15) is 18.2 Å². The molecule has 152 valence electrons. The van der Waals surface area contributed by atoms with Crippen LogP contribution in [-0.2, 0) is 14.3 Å². The molecule has 4 rings (SSSR count). The van der Waals surface area contributed by atoms with Crippen LogP contribution in [0.1, 0.15) is 32.1 Å². The minimum absolute atomic E-state index is 0.0281. The van der Waals surface area contributed by atoms with Crippen LogP contribution < -0.4 is 4.74 Å². The van der Waals surface area contributed by atoms with Gasteiger partial charge >= 0.3 is 0 Å². The van der Waals surface area contributed by atoms with E-state index in [1.807, 2.05) is 4.90 Å². The van der Waals surface area contributed by atoms with Crippen molar-refractivity contribution in [2.45, 2.75) is 32.1 Å². The SMILES string of the molecule is O=C1COCC2(C1)CC(C(=O)N1CCC(COc3ccc(F)cc3Cl)CC1)C2. The molecule has 0 N–H and O–H groups in total. The number of hydrogen-bond donors (Lipinski definition) is 0. The summed E-state index contributed by atoms with van der Waals surface area (Å²) in [7, 11) is 0. The number of Topliss-reactive ketones (excluding diaryl/α,β-unsaturated/α-hetero) is 1. The second-order valence-corrected chi connectivity index (χ2v) is 8.88. The third kappa shape index (κ3) is 4.18. The topological polar surface area (TPSA) is 55.8 Å². The molecule has 0 aromatic heterocycles. The third-order valence-electron chi connectivity index (χ3n) is 6.25. The number of piperidine rings is 1. The molecule has 1 saturated carbocycles. The third-order valence-corrected chi connectivity index (χ3v) is 6.54. The van der Waals surface area contributed by atoms with E-state index in [2.05, 4.69) is 0 Å². The van der Waals surface area contributed by atoms with Gasteiger partial charge in [0, 0.05) is 30.8 Å². The molecule has 2 saturated heterocycles. The summed E-state index contributed by atoms with van der Waals surface area (Å²) in [6.07, 6.45) is 3.85. The Bertz CT molecular complexity index is 757. The first-order valence-corrected chi connectivity index (χ1v) is 10.3. The highest BCUT2D eigenvalue weighted by Gasteiger charge is 2.51. The van der Waals surface area contributed by atoms with E-state index in [1.54, 1.807) is 6.07 Å². The highest BCUT2D eigenvalue weighted by Crippen LogP contribution is 2.50. The molecule has 0 radical (unpaired) electrons. The minimum atomic E-state index is -0.383. The molecule has 0 unspecified atom stereocenters. The molecule has 2 aliphatic heterocycles. The number of ketones is 1. The molecule has 28 heavy (non-hydrogen) atoms. The first kappa shape index (κ1) is 19.6. The van der Waals surface area contributed by atoms with Gasteiger partial charge in [0.15, 0.2) is 5.78 Å². The van der Waals surface area contributed by atoms with Crippen LogP contribution in [0.5, 0.6) is 5.75 Å². The molecule has 2 heterocycles. The average Bonchev–Trinajstić information content (AvgIpc) is 2.65. The van der Waals surface area contributed by atoms with Crippen molar-refractivity contribution in [1.82, 2.24) is 4.90 Å². The van der Waals surface area contributed by atoms with Gasteiger partial charge in [-0.05, 0) is 49.8 Å². The Morgan fingerprint density at radius 2 is 2.07 bits per heavy atom. The maximum Gasteiger partial charge on any atom is 0.225 e. The summed E-state index contributed by atoms with van der Waals surface area (Å²) in [4.78, 5) is 26.3. The normalized spacial score (nSPS) is 28.3. The van der Waals surface area contributed by atoms with Gasteiger partial charge in [-0.3, -0.25) is 9.59 Å². The number of rotatable bonds is 4. The van der Waals surface area contributed by atoms with Crippen LogP contribution in [0, 0.1) is 23.1 Å². The Balaban J connectivity index is 1.21. The van der Waals surface area contributed by atoms with Gasteiger partial charge in [0.05, 0.1) is 18.2 Å².